The molecule has 5 N–H and O–H groups in total. The highest BCUT2D eigenvalue weighted by atomic mass is 16.7. The summed E-state index contributed by atoms with van der Waals surface area (Å²) in [7, 11) is 0. The van der Waals surface area contributed by atoms with Gasteiger partial charge in [-0.3, -0.25) is 19.4 Å². The van der Waals surface area contributed by atoms with Gasteiger partial charge in [-0.15, -0.1) is 0 Å². The van der Waals surface area contributed by atoms with Crippen LogP contribution in [0.4, 0.5) is 0 Å². The van der Waals surface area contributed by atoms with Crippen LogP contribution in [0.5, 0.6) is 17.5 Å². The van der Waals surface area contributed by atoms with Gasteiger partial charge in [-0.05, 0) is 31.4 Å². The Bertz CT molecular complexity index is 822. The molecule has 10 nitrogen and oxygen atoms in total. The summed E-state index contributed by atoms with van der Waals surface area (Å²) in [6.07, 6.45) is 1.18. The Morgan fingerprint density at radius 3 is 2.52 bits per heavy atom. The fraction of sp³-hybridized carbons (Fsp3) is 0.316. The van der Waals surface area contributed by atoms with E-state index in [1.165, 1.54) is 0 Å². The standard InChI is InChI=1S/C19H23N3O7/c20-9-5-4-8-14(19(27)29-15-10-16(24)21-18(15)26)22(17(25)11-23)28-12-13-6-2-1-3-7-13/h1-3,6-7,10-11,14,21,24,26H,4-5,8-9,12,20H2/t14-/m0/s1. The van der Waals surface area contributed by atoms with Gasteiger partial charge >= 0.3 is 11.9 Å². The van der Waals surface area contributed by atoms with Gasteiger partial charge < -0.3 is 20.7 Å². The molecule has 2 rings (SSSR count). The number of benzene rings is 1. The predicted octanol–water partition coefficient (Wildman–Crippen LogP) is 0.988. The quantitative estimate of drug-likeness (QED) is 0.142. The minimum Gasteiger partial charge on any atom is -0.494 e. The monoisotopic (exact) mass is 405 g/mol. The van der Waals surface area contributed by atoms with E-state index in [1.807, 2.05) is 6.07 Å². The lowest BCUT2D eigenvalue weighted by molar-refractivity contribution is -0.209. The van der Waals surface area contributed by atoms with Crippen LogP contribution in [0.15, 0.2) is 36.4 Å². The Morgan fingerprint density at radius 1 is 1.21 bits per heavy atom. The topological polar surface area (TPSA) is 155 Å². The molecule has 1 aromatic carbocycles. The van der Waals surface area contributed by atoms with Gasteiger partial charge in [0.2, 0.25) is 12.2 Å². The minimum absolute atomic E-state index is 0.0355. The fourth-order valence-corrected chi connectivity index (χ4v) is 2.56. The van der Waals surface area contributed by atoms with E-state index in [9.17, 15) is 24.6 Å². The summed E-state index contributed by atoms with van der Waals surface area (Å²) in [4.78, 5) is 43.6. The molecule has 0 aliphatic rings. The second-order valence-electron chi connectivity index (χ2n) is 6.13. The van der Waals surface area contributed by atoms with Crippen molar-refractivity contribution >= 4 is 18.2 Å². The molecular formula is C19H23N3O7. The van der Waals surface area contributed by atoms with Crippen LogP contribution in [0, 0.1) is 0 Å². The molecule has 0 unspecified atom stereocenters. The SMILES string of the molecule is NCCCC[C@@H](C(=O)Oc1cc(O)[nH]c1O)N(OCc1ccccc1)C(=O)C=O. The summed E-state index contributed by atoms with van der Waals surface area (Å²) >= 11 is 0. The van der Waals surface area contributed by atoms with Crippen molar-refractivity contribution in [3.8, 4) is 17.5 Å². The van der Waals surface area contributed by atoms with E-state index in [4.69, 9.17) is 15.3 Å². The van der Waals surface area contributed by atoms with Gasteiger partial charge in [-0.1, -0.05) is 30.3 Å². The number of H-pyrrole nitrogens is 1. The first-order valence-corrected chi connectivity index (χ1v) is 8.94. The van der Waals surface area contributed by atoms with Gasteiger partial charge in [0.05, 0.1) is 0 Å². The smallest absolute Gasteiger partial charge is 0.337 e. The first kappa shape index (κ1) is 21.9. The molecule has 1 heterocycles. The predicted molar refractivity (Wildman–Crippen MR) is 101 cm³/mol. The van der Waals surface area contributed by atoms with Crippen LogP contribution < -0.4 is 10.5 Å². The number of nitrogens with two attached hydrogens (primary N) is 1. The van der Waals surface area contributed by atoms with E-state index in [-0.39, 0.29) is 25.1 Å². The molecule has 10 heteroatoms. The third kappa shape index (κ3) is 6.33. The highest BCUT2D eigenvalue weighted by Gasteiger charge is 2.33. The molecular weight excluding hydrogens is 382 g/mol. The number of amides is 1. The largest absolute Gasteiger partial charge is 0.494 e. The zero-order valence-corrected chi connectivity index (χ0v) is 15.6. The molecule has 0 radical (unpaired) electrons. The number of ether oxygens (including phenoxy) is 1. The van der Waals surface area contributed by atoms with Crippen molar-refractivity contribution in [2.45, 2.75) is 31.9 Å². The maximum Gasteiger partial charge on any atom is 0.337 e. The van der Waals surface area contributed by atoms with Crippen LogP contribution in [0.3, 0.4) is 0 Å². The first-order chi connectivity index (χ1) is 14.0. The third-order valence-corrected chi connectivity index (χ3v) is 3.98. The van der Waals surface area contributed by atoms with Gasteiger partial charge in [0.15, 0.2) is 17.7 Å². The highest BCUT2D eigenvalue weighted by molar-refractivity contribution is 6.23. The molecule has 0 bridgehead atoms. The Morgan fingerprint density at radius 2 is 1.93 bits per heavy atom. The number of esters is 1. The summed E-state index contributed by atoms with van der Waals surface area (Å²) in [6, 6.07) is 8.61. The molecule has 29 heavy (non-hydrogen) atoms. The molecule has 0 aliphatic heterocycles. The van der Waals surface area contributed by atoms with Crippen molar-refractivity contribution in [3.63, 3.8) is 0 Å². The van der Waals surface area contributed by atoms with Crippen LogP contribution in [0.25, 0.3) is 0 Å². The Kier molecular flexibility index (Phi) is 8.19. The molecule has 156 valence electrons. The molecule has 1 aromatic heterocycles. The number of nitrogens with one attached hydrogen (secondary N) is 1. The number of aromatic amines is 1. The first-order valence-electron chi connectivity index (χ1n) is 8.94. The lowest BCUT2D eigenvalue weighted by Crippen LogP contribution is -2.47. The second-order valence-corrected chi connectivity index (χ2v) is 6.13. The van der Waals surface area contributed by atoms with Crippen molar-refractivity contribution in [1.82, 2.24) is 10.0 Å². The molecule has 0 saturated heterocycles. The average Bonchev–Trinajstić information content (AvgIpc) is 3.03. The Hall–Kier alpha value is -3.37. The number of aldehydes is 1. The number of carbonyl (C=O) groups is 3. The summed E-state index contributed by atoms with van der Waals surface area (Å²) < 4.78 is 5.09. The lowest BCUT2D eigenvalue weighted by atomic mass is 10.1. The van der Waals surface area contributed by atoms with E-state index >= 15 is 0 Å². The van der Waals surface area contributed by atoms with Crippen LogP contribution >= 0.6 is 0 Å². The van der Waals surface area contributed by atoms with Crippen LogP contribution in [0.1, 0.15) is 24.8 Å². The van der Waals surface area contributed by atoms with Crippen molar-refractivity contribution < 1.29 is 34.2 Å². The van der Waals surface area contributed by atoms with Crippen molar-refractivity contribution in [2.75, 3.05) is 6.54 Å². The number of rotatable bonds is 11. The summed E-state index contributed by atoms with van der Waals surface area (Å²) in [5.74, 6) is -3.30. The van der Waals surface area contributed by atoms with Gasteiger partial charge in [0.1, 0.15) is 6.61 Å². The summed E-state index contributed by atoms with van der Waals surface area (Å²) in [5, 5.41) is 19.7. The number of aromatic hydroxyl groups is 2. The lowest BCUT2D eigenvalue weighted by Gasteiger charge is -2.27. The molecule has 1 atom stereocenters. The number of hydrogen-bond donors (Lipinski definition) is 4. The normalized spacial score (nSPS) is 11.6. The number of hydrogen-bond acceptors (Lipinski definition) is 8. The van der Waals surface area contributed by atoms with Crippen LogP contribution in [-0.2, 0) is 25.8 Å². The van der Waals surface area contributed by atoms with E-state index < -0.39 is 29.7 Å². The minimum atomic E-state index is -1.26. The van der Waals surface area contributed by atoms with Gasteiger partial charge in [-0.25, -0.2) is 9.86 Å². The molecule has 0 aliphatic carbocycles. The van der Waals surface area contributed by atoms with Gasteiger partial charge in [0, 0.05) is 6.07 Å². The molecule has 0 fully saturated rings. The summed E-state index contributed by atoms with van der Waals surface area (Å²) in [6.45, 7) is 0.317. The molecule has 0 saturated carbocycles. The number of hydroxylamine groups is 2. The zero-order valence-electron chi connectivity index (χ0n) is 15.6. The van der Waals surface area contributed by atoms with Gasteiger partial charge in [-0.2, -0.15) is 0 Å². The Labute approximate surface area is 166 Å². The van der Waals surface area contributed by atoms with E-state index in [1.54, 1.807) is 24.3 Å². The van der Waals surface area contributed by atoms with Crippen molar-refractivity contribution in [3.05, 3.63) is 42.0 Å². The number of unbranched alkanes of at least 4 members (excludes halogenated alkanes) is 1. The fourth-order valence-electron chi connectivity index (χ4n) is 2.56. The van der Waals surface area contributed by atoms with Crippen molar-refractivity contribution in [1.29, 1.82) is 0 Å². The maximum absolute atomic E-state index is 12.7. The van der Waals surface area contributed by atoms with E-state index in [2.05, 4.69) is 4.98 Å². The molecule has 0 spiro atoms. The summed E-state index contributed by atoms with van der Waals surface area (Å²) in [5.41, 5.74) is 6.21. The zero-order chi connectivity index (χ0) is 21.2. The number of nitrogens with zero attached hydrogens (tertiary/aromatic N) is 1. The number of aromatic nitrogens is 1. The molecule has 1 amide bonds. The van der Waals surface area contributed by atoms with E-state index in [0.29, 0.717) is 24.4 Å². The second kappa shape index (κ2) is 10.8. The van der Waals surface area contributed by atoms with Gasteiger partial charge in [0.25, 0.3) is 0 Å². The van der Waals surface area contributed by atoms with E-state index in [0.717, 1.165) is 11.6 Å². The highest BCUT2D eigenvalue weighted by Crippen LogP contribution is 2.30. The van der Waals surface area contributed by atoms with Crippen LogP contribution in [-0.4, -0.2) is 51.0 Å². The van der Waals surface area contributed by atoms with Crippen molar-refractivity contribution in [2.24, 2.45) is 5.73 Å². The maximum atomic E-state index is 12.7. The Balaban J connectivity index is 2.20. The van der Waals surface area contributed by atoms with Crippen LogP contribution in [0.2, 0.25) is 0 Å². The third-order valence-electron chi connectivity index (χ3n) is 3.98. The number of carbonyl (C=O) groups excluding carboxylic acids is 3. The average molecular weight is 405 g/mol. The molecule has 2 aromatic rings.